The predicted octanol–water partition coefficient (Wildman–Crippen LogP) is -0.327. The molecular formula is C11H19LiN2O2. The van der Waals surface area contributed by atoms with Crippen molar-refractivity contribution in [2.75, 3.05) is 13.2 Å². The topological polar surface area (TPSA) is 44.9 Å². The minimum Gasteiger partial charge on any atom is -0.642 e. The van der Waals surface area contributed by atoms with Gasteiger partial charge in [-0.15, -0.1) is 0 Å². The molecule has 0 N–H and O–H groups in total. The molecule has 0 aromatic carbocycles. The van der Waals surface area contributed by atoms with Crippen molar-refractivity contribution in [1.82, 2.24) is 0 Å². The number of hydrogen-bond donors (Lipinski definition) is 0. The van der Waals surface area contributed by atoms with Gasteiger partial charge in [0.2, 0.25) is 0 Å². The molecule has 1 aliphatic rings. The molecule has 5 heteroatoms. The molecule has 0 aromatic heterocycles. The smallest absolute Gasteiger partial charge is 0.642 e. The second-order valence-electron chi connectivity index (χ2n) is 3.62. The number of hydrogen-bond acceptors (Lipinski definition) is 3. The summed E-state index contributed by atoms with van der Waals surface area (Å²) in [5, 5.41) is 4.45. The van der Waals surface area contributed by atoms with E-state index in [2.05, 4.69) is 24.2 Å². The molecule has 1 heterocycles. The van der Waals surface area contributed by atoms with E-state index in [0.717, 1.165) is 0 Å². The molecule has 0 radical (unpaired) electrons. The number of nitrogens with zero attached hydrogens (tertiary/aromatic N) is 2. The Morgan fingerprint density at radius 1 is 1.31 bits per heavy atom. The average molecular weight is 218 g/mol. The van der Waals surface area contributed by atoms with Gasteiger partial charge < -0.3 is 14.8 Å². The van der Waals surface area contributed by atoms with Crippen molar-refractivity contribution < 1.29 is 28.3 Å². The Kier molecular flexibility index (Phi) is 7.36. The average Bonchev–Trinajstić information content (AvgIpc) is 2.21. The Morgan fingerprint density at radius 3 is 2.44 bits per heavy atom. The van der Waals surface area contributed by atoms with Crippen LogP contribution in [0.4, 0.5) is 0 Å². The molecule has 16 heavy (non-hydrogen) atoms. The molecule has 4 nitrogen and oxygen atoms in total. The van der Waals surface area contributed by atoms with Crippen LogP contribution in [0.1, 0.15) is 27.7 Å². The summed E-state index contributed by atoms with van der Waals surface area (Å²) in [5.41, 5.74) is 0. The molecule has 1 aliphatic heterocycles. The van der Waals surface area contributed by atoms with Gasteiger partial charge in [-0.05, 0) is 19.9 Å². The monoisotopic (exact) mass is 218 g/mol. The first-order valence-electron chi connectivity index (χ1n) is 5.43. The van der Waals surface area contributed by atoms with E-state index in [1.807, 2.05) is 13.8 Å². The van der Waals surface area contributed by atoms with Crippen molar-refractivity contribution in [2.45, 2.75) is 33.7 Å². The van der Waals surface area contributed by atoms with Gasteiger partial charge in [-0.25, -0.2) is 4.99 Å². The fourth-order valence-electron chi connectivity index (χ4n) is 1.35. The van der Waals surface area contributed by atoms with E-state index < -0.39 is 0 Å². The van der Waals surface area contributed by atoms with Crippen molar-refractivity contribution >= 4 is 5.90 Å². The number of ether oxygens (including phenoxy) is 2. The Morgan fingerprint density at radius 2 is 1.94 bits per heavy atom. The summed E-state index contributed by atoms with van der Waals surface area (Å²) in [6.07, 6.45) is 1.62. The molecule has 0 spiro atoms. The Hall–Kier alpha value is -0.593. The van der Waals surface area contributed by atoms with E-state index >= 15 is 0 Å². The molecule has 0 unspecified atom stereocenters. The van der Waals surface area contributed by atoms with E-state index in [1.54, 1.807) is 6.20 Å². The Labute approximate surface area is 110 Å². The third-order valence-corrected chi connectivity index (χ3v) is 2.04. The quantitative estimate of drug-likeness (QED) is 0.607. The third kappa shape index (κ3) is 4.11. The van der Waals surface area contributed by atoms with E-state index in [-0.39, 0.29) is 24.9 Å². The van der Waals surface area contributed by atoms with Crippen molar-refractivity contribution in [2.24, 2.45) is 10.9 Å². The normalized spacial score (nSPS) is 19.2. The van der Waals surface area contributed by atoms with Crippen LogP contribution in [0.3, 0.4) is 0 Å². The van der Waals surface area contributed by atoms with Crippen LogP contribution in [0, 0.1) is 5.92 Å². The van der Waals surface area contributed by atoms with Crippen LogP contribution in [0.5, 0.6) is 0 Å². The summed E-state index contributed by atoms with van der Waals surface area (Å²) in [4.78, 5) is 4.24. The van der Waals surface area contributed by atoms with Crippen LogP contribution in [0.2, 0.25) is 0 Å². The molecule has 1 atom stereocenters. The molecule has 0 bridgehead atoms. The summed E-state index contributed by atoms with van der Waals surface area (Å²) >= 11 is 0. The van der Waals surface area contributed by atoms with E-state index in [0.29, 0.717) is 30.9 Å². The largest absolute Gasteiger partial charge is 1.00 e. The van der Waals surface area contributed by atoms with Gasteiger partial charge in [0.25, 0.3) is 0 Å². The minimum atomic E-state index is -0.0171. The maximum atomic E-state index is 5.44. The zero-order valence-electron chi connectivity index (χ0n) is 10.9. The molecular weight excluding hydrogens is 199 g/mol. The molecule has 1 rings (SSSR count). The predicted molar refractivity (Wildman–Crippen MR) is 60.8 cm³/mol. The van der Waals surface area contributed by atoms with Gasteiger partial charge in [0.1, 0.15) is 0 Å². The van der Waals surface area contributed by atoms with Crippen LogP contribution in [0.25, 0.3) is 5.32 Å². The molecule has 0 saturated carbocycles. The van der Waals surface area contributed by atoms with E-state index in [1.165, 1.54) is 0 Å². The van der Waals surface area contributed by atoms with Gasteiger partial charge in [0.15, 0.2) is 5.90 Å². The molecule has 0 saturated heterocycles. The standard InChI is InChI=1S/C11H19N2O2.Li/c1-5-14-9-7-12-11(15-6-2)10(13-9)8(3)4;/h7-8,10H,5-6H2,1-4H3;/q-1;+1/t10-;/m1./s1. The van der Waals surface area contributed by atoms with Gasteiger partial charge in [0.05, 0.1) is 19.4 Å². The van der Waals surface area contributed by atoms with Crippen molar-refractivity contribution in [3.05, 3.63) is 17.4 Å². The maximum Gasteiger partial charge on any atom is 1.00 e. The van der Waals surface area contributed by atoms with Gasteiger partial charge >= 0.3 is 18.9 Å². The molecule has 0 aromatic rings. The van der Waals surface area contributed by atoms with Gasteiger partial charge in [-0.3, -0.25) is 0 Å². The summed E-state index contributed by atoms with van der Waals surface area (Å²) in [7, 11) is 0. The Balaban J connectivity index is 0.00000225. The van der Waals surface area contributed by atoms with Crippen molar-refractivity contribution in [3.63, 3.8) is 0 Å². The summed E-state index contributed by atoms with van der Waals surface area (Å²) in [5.74, 6) is 1.65. The first kappa shape index (κ1) is 15.4. The van der Waals surface area contributed by atoms with E-state index in [9.17, 15) is 0 Å². The number of aliphatic imine (C=N–C) groups is 1. The van der Waals surface area contributed by atoms with Crippen molar-refractivity contribution in [1.29, 1.82) is 0 Å². The van der Waals surface area contributed by atoms with Gasteiger partial charge in [-0.2, -0.15) is 0 Å². The third-order valence-electron chi connectivity index (χ3n) is 2.04. The van der Waals surface area contributed by atoms with Crippen LogP contribution in [0.15, 0.2) is 17.1 Å². The summed E-state index contributed by atoms with van der Waals surface area (Å²) in [6, 6.07) is -0.0171. The van der Waals surface area contributed by atoms with Gasteiger partial charge in [0, 0.05) is 5.88 Å². The van der Waals surface area contributed by atoms with Gasteiger partial charge in [-0.1, -0.05) is 19.8 Å². The molecule has 0 amide bonds. The van der Waals surface area contributed by atoms with Crippen LogP contribution < -0.4 is 18.9 Å². The zero-order valence-corrected chi connectivity index (χ0v) is 10.9. The minimum absolute atomic E-state index is 0. The summed E-state index contributed by atoms with van der Waals surface area (Å²) in [6.45, 7) is 9.30. The number of rotatable bonds is 4. The molecule has 86 valence electrons. The van der Waals surface area contributed by atoms with Crippen molar-refractivity contribution in [3.8, 4) is 0 Å². The second kappa shape index (κ2) is 7.64. The van der Waals surface area contributed by atoms with E-state index in [4.69, 9.17) is 9.47 Å². The van der Waals surface area contributed by atoms with Crippen LogP contribution >= 0.6 is 0 Å². The fraction of sp³-hybridized carbons (Fsp3) is 0.727. The second-order valence-corrected chi connectivity index (χ2v) is 3.62. The Bertz CT molecular complexity index is 265. The zero-order chi connectivity index (χ0) is 11.3. The fourth-order valence-corrected chi connectivity index (χ4v) is 1.35. The first-order chi connectivity index (χ1) is 7.19. The first-order valence-corrected chi connectivity index (χ1v) is 5.43. The molecule has 0 fully saturated rings. The SMILES string of the molecule is CCOC1=CN=C(OCC)[C@@H](C(C)C)[N-]1.[Li+]. The molecule has 0 aliphatic carbocycles. The van der Waals surface area contributed by atoms with Crippen LogP contribution in [-0.4, -0.2) is 25.2 Å². The summed E-state index contributed by atoms with van der Waals surface area (Å²) < 4.78 is 10.8. The van der Waals surface area contributed by atoms with Crippen LogP contribution in [-0.2, 0) is 9.47 Å². The maximum absolute atomic E-state index is 5.44.